The summed E-state index contributed by atoms with van der Waals surface area (Å²) in [6, 6.07) is 10.9. The maximum Gasteiger partial charge on any atom is 0.241 e. The van der Waals surface area contributed by atoms with Gasteiger partial charge in [-0.1, -0.05) is 42.7 Å². The molecule has 33 heavy (non-hydrogen) atoms. The largest absolute Gasteiger partial charge is 0.352 e. The molecule has 2 amide bonds. The Morgan fingerprint density at radius 1 is 1.06 bits per heavy atom. The van der Waals surface area contributed by atoms with Crippen molar-refractivity contribution in [2.75, 3.05) is 6.54 Å². The van der Waals surface area contributed by atoms with Gasteiger partial charge in [0.2, 0.25) is 21.8 Å². The normalized spacial score (nSPS) is 15.2. The number of sulfonamides is 1. The Morgan fingerprint density at radius 2 is 1.67 bits per heavy atom. The molecular weight excluding hydrogens is 445 g/mol. The average molecular weight is 476 g/mol. The van der Waals surface area contributed by atoms with Gasteiger partial charge in [-0.15, -0.1) is 0 Å². The number of hydrogen-bond donors (Lipinski definition) is 2. The molecule has 0 bridgehead atoms. The SMILES string of the molecule is Cc1ccc(S(=O)(=O)N[C@@H](C)C(=O)N(CC(=O)NC2CCCC2)Cc2ccc(F)cc2)cc1. The van der Waals surface area contributed by atoms with E-state index in [9.17, 15) is 22.4 Å². The maximum atomic E-state index is 13.3. The Bertz CT molecular complexity index is 1070. The second-order valence-corrected chi connectivity index (χ2v) is 10.2. The van der Waals surface area contributed by atoms with Crippen LogP contribution >= 0.6 is 0 Å². The average Bonchev–Trinajstić information content (AvgIpc) is 3.27. The fourth-order valence-electron chi connectivity index (χ4n) is 3.88. The topological polar surface area (TPSA) is 95.6 Å². The minimum atomic E-state index is -3.93. The minimum Gasteiger partial charge on any atom is -0.352 e. The molecule has 0 spiro atoms. The lowest BCUT2D eigenvalue weighted by Crippen LogP contribution is -2.50. The number of nitrogens with zero attached hydrogens (tertiary/aromatic N) is 1. The maximum absolute atomic E-state index is 13.3. The third kappa shape index (κ3) is 7.10. The van der Waals surface area contributed by atoms with E-state index in [1.165, 1.54) is 48.2 Å². The number of carbonyl (C=O) groups excluding carboxylic acids is 2. The van der Waals surface area contributed by atoms with Crippen LogP contribution in [0.25, 0.3) is 0 Å². The standard InChI is InChI=1S/C24H30FN3O4S/c1-17-7-13-22(14-8-17)33(31,32)27-18(2)24(30)28(15-19-9-11-20(25)12-10-19)16-23(29)26-21-5-3-4-6-21/h7-14,18,21,27H,3-6,15-16H2,1-2H3,(H,26,29)/t18-/m0/s1. The number of carbonyl (C=O) groups is 2. The lowest BCUT2D eigenvalue weighted by molar-refractivity contribution is -0.137. The van der Waals surface area contributed by atoms with Crippen LogP contribution in [-0.4, -0.2) is 43.8 Å². The van der Waals surface area contributed by atoms with E-state index in [0.29, 0.717) is 5.56 Å². The van der Waals surface area contributed by atoms with Gasteiger partial charge < -0.3 is 10.2 Å². The summed E-state index contributed by atoms with van der Waals surface area (Å²) in [5.41, 5.74) is 1.55. The van der Waals surface area contributed by atoms with Crippen LogP contribution in [0.4, 0.5) is 4.39 Å². The van der Waals surface area contributed by atoms with Gasteiger partial charge in [0.15, 0.2) is 0 Å². The van der Waals surface area contributed by atoms with Gasteiger partial charge in [-0.25, -0.2) is 12.8 Å². The van der Waals surface area contributed by atoms with Crippen LogP contribution in [-0.2, 0) is 26.2 Å². The smallest absolute Gasteiger partial charge is 0.241 e. The molecule has 9 heteroatoms. The van der Waals surface area contributed by atoms with Crippen molar-refractivity contribution in [1.82, 2.24) is 14.9 Å². The van der Waals surface area contributed by atoms with Crippen molar-refractivity contribution < 1.29 is 22.4 Å². The molecule has 2 aromatic rings. The second-order valence-electron chi connectivity index (χ2n) is 8.53. The van der Waals surface area contributed by atoms with Crippen molar-refractivity contribution in [1.29, 1.82) is 0 Å². The summed E-state index contributed by atoms with van der Waals surface area (Å²) in [7, 11) is -3.93. The van der Waals surface area contributed by atoms with E-state index in [2.05, 4.69) is 10.0 Å². The summed E-state index contributed by atoms with van der Waals surface area (Å²) in [4.78, 5) is 27.2. The zero-order valence-corrected chi connectivity index (χ0v) is 19.7. The number of halogens is 1. The second kappa shape index (κ2) is 10.9. The monoisotopic (exact) mass is 475 g/mol. The van der Waals surface area contributed by atoms with Gasteiger partial charge in [0, 0.05) is 12.6 Å². The molecule has 1 aliphatic rings. The molecule has 1 aliphatic carbocycles. The van der Waals surface area contributed by atoms with Crippen molar-refractivity contribution in [3.8, 4) is 0 Å². The van der Waals surface area contributed by atoms with E-state index in [1.807, 2.05) is 6.92 Å². The summed E-state index contributed by atoms with van der Waals surface area (Å²) >= 11 is 0. The Kier molecular flexibility index (Phi) is 8.20. The molecule has 0 aliphatic heterocycles. The lowest BCUT2D eigenvalue weighted by atomic mass is 10.2. The summed E-state index contributed by atoms with van der Waals surface area (Å²) in [6.45, 7) is 3.12. The number of rotatable bonds is 9. The van der Waals surface area contributed by atoms with Crippen LogP contribution < -0.4 is 10.0 Å². The molecule has 2 aromatic carbocycles. The first-order chi connectivity index (χ1) is 15.6. The Labute approximate surface area is 194 Å². The van der Waals surface area contributed by atoms with Crippen molar-refractivity contribution in [3.63, 3.8) is 0 Å². The molecule has 1 saturated carbocycles. The van der Waals surface area contributed by atoms with Crippen LogP contribution in [0.15, 0.2) is 53.4 Å². The molecule has 0 heterocycles. The molecule has 1 fully saturated rings. The molecule has 2 N–H and O–H groups in total. The van der Waals surface area contributed by atoms with E-state index in [4.69, 9.17) is 0 Å². The fourth-order valence-corrected chi connectivity index (χ4v) is 5.08. The van der Waals surface area contributed by atoms with Crippen LogP contribution in [0.2, 0.25) is 0 Å². The molecule has 1 atom stereocenters. The highest BCUT2D eigenvalue weighted by Crippen LogP contribution is 2.18. The number of benzene rings is 2. The zero-order valence-electron chi connectivity index (χ0n) is 18.9. The zero-order chi connectivity index (χ0) is 24.0. The minimum absolute atomic E-state index is 0.0494. The molecule has 0 saturated heterocycles. The predicted octanol–water partition coefficient (Wildman–Crippen LogP) is 2.89. The van der Waals surface area contributed by atoms with Crippen LogP contribution in [0, 0.1) is 12.7 Å². The molecule has 178 valence electrons. The first-order valence-corrected chi connectivity index (χ1v) is 12.5. The number of hydrogen-bond acceptors (Lipinski definition) is 4. The molecule has 0 radical (unpaired) electrons. The first-order valence-electron chi connectivity index (χ1n) is 11.1. The highest BCUT2D eigenvalue weighted by molar-refractivity contribution is 7.89. The highest BCUT2D eigenvalue weighted by atomic mass is 32.2. The summed E-state index contributed by atoms with van der Waals surface area (Å²) in [5.74, 6) is -1.25. The van der Waals surface area contributed by atoms with Crippen molar-refractivity contribution in [2.45, 2.75) is 63.1 Å². The van der Waals surface area contributed by atoms with E-state index in [1.54, 1.807) is 12.1 Å². The third-order valence-corrected chi connectivity index (χ3v) is 7.24. The Hall–Kier alpha value is -2.78. The van der Waals surface area contributed by atoms with Crippen LogP contribution in [0.5, 0.6) is 0 Å². The van der Waals surface area contributed by atoms with E-state index < -0.39 is 27.8 Å². The van der Waals surface area contributed by atoms with Crippen molar-refractivity contribution in [2.24, 2.45) is 0 Å². The van der Waals surface area contributed by atoms with E-state index >= 15 is 0 Å². The van der Waals surface area contributed by atoms with Crippen LogP contribution in [0.3, 0.4) is 0 Å². The summed E-state index contributed by atoms with van der Waals surface area (Å²) < 4.78 is 41.2. The van der Waals surface area contributed by atoms with Gasteiger partial charge in [0.05, 0.1) is 17.5 Å². The summed E-state index contributed by atoms with van der Waals surface area (Å²) in [6.07, 6.45) is 3.93. The number of amides is 2. The van der Waals surface area contributed by atoms with Crippen molar-refractivity contribution >= 4 is 21.8 Å². The van der Waals surface area contributed by atoms with Gasteiger partial charge in [0.25, 0.3) is 0 Å². The van der Waals surface area contributed by atoms with E-state index in [-0.39, 0.29) is 29.9 Å². The predicted molar refractivity (Wildman–Crippen MR) is 123 cm³/mol. The van der Waals surface area contributed by atoms with Crippen LogP contribution in [0.1, 0.15) is 43.7 Å². The van der Waals surface area contributed by atoms with Gasteiger partial charge >= 0.3 is 0 Å². The molecular formula is C24H30FN3O4S. The first kappa shape index (κ1) is 24.9. The third-order valence-electron chi connectivity index (χ3n) is 5.69. The molecule has 7 nitrogen and oxygen atoms in total. The van der Waals surface area contributed by atoms with Gasteiger partial charge in [-0.3, -0.25) is 9.59 Å². The fraction of sp³-hybridized carbons (Fsp3) is 0.417. The van der Waals surface area contributed by atoms with Gasteiger partial charge in [-0.2, -0.15) is 4.72 Å². The Balaban J connectivity index is 1.73. The molecule has 3 rings (SSSR count). The van der Waals surface area contributed by atoms with Gasteiger partial charge in [-0.05, 0) is 56.5 Å². The number of nitrogens with one attached hydrogen (secondary N) is 2. The highest BCUT2D eigenvalue weighted by Gasteiger charge is 2.28. The molecule has 0 unspecified atom stereocenters. The quantitative estimate of drug-likeness (QED) is 0.583. The van der Waals surface area contributed by atoms with Crippen molar-refractivity contribution in [3.05, 3.63) is 65.5 Å². The number of aryl methyl sites for hydroxylation is 1. The summed E-state index contributed by atoms with van der Waals surface area (Å²) in [5, 5.41) is 2.95. The Morgan fingerprint density at radius 3 is 2.27 bits per heavy atom. The molecule has 0 aromatic heterocycles. The lowest BCUT2D eigenvalue weighted by Gasteiger charge is -2.26. The van der Waals surface area contributed by atoms with Gasteiger partial charge in [0.1, 0.15) is 5.82 Å². The van der Waals surface area contributed by atoms with E-state index in [0.717, 1.165) is 31.2 Å².